The second kappa shape index (κ2) is 9.27. The summed E-state index contributed by atoms with van der Waals surface area (Å²) in [4.78, 5) is 26.6. The highest BCUT2D eigenvalue weighted by Gasteiger charge is 2.22. The Balaban J connectivity index is 0.00000208. The molecule has 0 spiro atoms. The van der Waals surface area contributed by atoms with E-state index in [1.807, 2.05) is 16.7 Å². The van der Waals surface area contributed by atoms with Crippen molar-refractivity contribution in [3.05, 3.63) is 29.8 Å². The summed E-state index contributed by atoms with van der Waals surface area (Å²) in [6.45, 7) is 3.37. The van der Waals surface area contributed by atoms with E-state index in [-0.39, 0.29) is 24.2 Å². The van der Waals surface area contributed by atoms with Gasteiger partial charge in [0.05, 0.1) is 6.61 Å². The lowest BCUT2D eigenvalue weighted by Crippen LogP contribution is -2.45. The summed E-state index contributed by atoms with van der Waals surface area (Å²) in [6, 6.07) is 7.11. The third-order valence-electron chi connectivity index (χ3n) is 3.90. The Morgan fingerprint density at radius 1 is 1.29 bits per heavy atom. The largest absolute Gasteiger partial charge is 0.366 e. The molecule has 6 nitrogen and oxygen atoms in total. The summed E-state index contributed by atoms with van der Waals surface area (Å²) in [5.41, 5.74) is 1.23. The number of hydrogen-bond acceptors (Lipinski definition) is 5. The van der Waals surface area contributed by atoms with E-state index in [0.29, 0.717) is 24.4 Å². The number of nitrogens with one attached hydrogen (secondary N) is 2. The average Bonchev–Trinajstić information content (AvgIpc) is 2.63. The molecule has 2 aliphatic rings. The Kier molecular flexibility index (Phi) is 7.36. The third kappa shape index (κ3) is 4.86. The zero-order valence-corrected chi connectivity index (χ0v) is 15.0. The summed E-state index contributed by atoms with van der Waals surface area (Å²) < 4.78 is 5.43. The molecule has 2 fully saturated rings. The monoisotopic (exact) mass is 371 g/mol. The minimum atomic E-state index is -0.484. The van der Waals surface area contributed by atoms with Crippen molar-refractivity contribution in [3.8, 4) is 0 Å². The number of anilines is 1. The van der Waals surface area contributed by atoms with Crippen molar-refractivity contribution in [2.24, 2.45) is 0 Å². The fourth-order valence-electron chi connectivity index (χ4n) is 2.64. The number of nitrogens with zero attached hydrogens (tertiary/aromatic N) is 1. The third-order valence-corrected chi connectivity index (χ3v) is 4.84. The SMILES string of the molecule is Cl.O=C(Nc1cccc(C(=O)N2CCSCC2)c1)C1CNCCO1. The molecule has 2 N–H and O–H groups in total. The summed E-state index contributed by atoms with van der Waals surface area (Å²) in [6.07, 6.45) is -0.484. The fourth-order valence-corrected chi connectivity index (χ4v) is 3.54. The summed E-state index contributed by atoms with van der Waals surface area (Å²) in [7, 11) is 0. The van der Waals surface area contributed by atoms with Crippen LogP contribution in [0.3, 0.4) is 0 Å². The molecule has 2 amide bonds. The number of rotatable bonds is 3. The number of morpholine rings is 1. The predicted octanol–water partition coefficient (Wildman–Crippen LogP) is 1.22. The minimum absolute atomic E-state index is 0. The number of ether oxygens (including phenoxy) is 1. The number of thioether (sulfide) groups is 1. The Morgan fingerprint density at radius 3 is 2.79 bits per heavy atom. The van der Waals surface area contributed by atoms with Gasteiger partial charge in [-0.2, -0.15) is 11.8 Å². The molecule has 0 bridgehead atoms. The van der Waals surface area contributed by atoms with E-state index in [0.717, 1.165) is 31.1 Å². The zero-order chi connectivity index (χ0) is 16.1. The van der Waals surface area contributed by atoms with E-state index in [4.69, 9.17) is 4.74 Å². The highest BCUT2D eigenvalue weighted by Crippen LogP contribution is 2.16. The van der Waals surface area contributed by atoms with Crippen LogP contribution in [0.4, 0.5) is 5.69 Å². The van der Waals surface area contributed by atoms with Crippen LogP contribution in [0, 0.1) is 0 Å². The standard InChI is InChI=1S/C16H21N3O3S.ClH/c20-15(14-11-17-4-7-22-14)18-13-3-1-2-12(10-13)16(21)19-5-8-23-9-6-19;/h1-3,10,14,17H,4-9,11H2,(H,18,20);1H. The number of hydrogen-bond donors (Lipinski definition) is 2. The molecule has 132 valence electrons. The van der Waals surface area contributed by atoms with Crippen molar-refractivity contribution >= 4 is 41.7 Å². The number of amides is 2. The Morgan fingerprint density at radius 2 is 2.08 bits per heavy atom. The van der Waals surface area contributed by atoms with E-state index >= 15 is 0 Å². The van der Waals surface area contributed by atoms with Gasteiger partial charge < -0.3 is 20.3 Å². The van der Waals surface area contributed by atoms with Crippen molar-refractivity contribution < 1.29 is 14.3 Å². The van der Waals surface area contributed by atoms with Crippen molar-refractivity contribution in [2.45, 2.75) is 6.10 Å². The maximum absolute atomic E-state index is 12.5. The van der Waals surface area contributed by atoms with Gasteiger partial charge in [-0.05, 0) is 18.2 Å². The lowest BCUT2D eigenvalue weighted by Gasteiger charge is -2.26. The van der Waals surface area contributed by atoms with Gasteiger partial charge in [0.2, 0.25) is 0 Å². The van der Waals surface area contributed by atoms with Crippen LogP contribution in [0.5, 0.6) is 0 Å². The number of carbonyl (C=O) groups is 2. The molecule has 1 aromatic rings. The molecule has 24 heavy (non-hydrogen) atoms. The minimum Gasteiger partial charge on any atom is -0.366 e. The van der Waals surface area contributed by atoms with Gasteiger partial charge in [-0.15, -0.1) is 12.4 Å². The Bertz CT molecular complexity index is 575. The lowest BCUT2D eigenvalue weighted by molar-refractivity contribution is -0.128. The molecule has 0 aliphatic carbocycles. The maximum Gasteiger partial charge on any atom is 0.254 e. The van der Waals surface area contributed by atoms with Crippen molar-refractivity contribution in [2.75, 3.05) is 49.6 Å². The van der Waals surface area contributed by atoms with Gasteiger partial charge in [-0.1, -0.05) is 6.07 Å². The molecule has 8 heteroatoms. The zero-order valence-electron chi connectivity index (χ0n) is 13.3. The van der Waals surface area contributed by atoms with Crippen LogP contribution in [-0.4, -0.2) is 67.1 Å². The molecule has 2 saturated heterocycles. The van der Waals surface area contributed by atoms with Crippen LogP contribution >= 0.6 is 24.2 Å². The van der Waals surface area contributed by atoms with Gasteiger partial charge in [-0.25, -0.2) is 0 Å². The first kappa shape index (κ1) is 19.1. The van der Waals surface area contributed by atoms with Crippen LogP contribution in [-0.2, 0) is 9.53 Å². The maximum atomic E-state index is 12.5. The molecule has 1 atom stereocenters. The molecule has 0 saturated carbocycles. The first-order valence-electron chi connectivity index (χ1n) is 7.84. The molecule has 2 heterocycles. The molecular weight excluding hydrogens is 350 g/mol. The second-order valence-corrected chi connectivity index (χ2v) is 6.76. The van der Waals surface area contributed by atoms with Crippen molar-refractivity contribution in [1.29, 1.82) is 0 Å². The van der Waals surface area contributed by atoms with Crippen molar-refractivity contribution in [1.82, 2.24) is 10.2 Å². The highest BCUT2D eigenvalue weighted by atomic mass is 35.5. The molecule has 1 unspecified atom stereocenters. The van der Waals surface area contributed by atoms with Crippen LogP contribution < -0.4 is 10.6 Å². The Hall–Kier alpha value is -1.28. The van der Waals surface area contributed by atoms with E-state index in [1.54, 1.807) is 24.3 Å². The quantitative estimate of drug-likeness (QED) is 0.836. The number of halogens is 1. The molecule has 2 aliphatic heterocycles. The Labute approximate surface area is 152 Å². The molecular formula is C16H22ClN3O3S. The second-order valence-electron chi connectivity index (χ2n) is 5.54. The van der Waals surface area contributed by atoms with Crippen LogP contribution in [0.25, 0.3) is 0 Å². The van der Waals surface area contributed by atoms with E-state index in [9.17, 15) is 9.59 Å². The average molecular weight is 372 g/mol. The molecule has 1 aromatic carbocycles. The number of carbonyl (C=O) groups excluding carboxylic acids is 2. The van der Waals surface area contributed by atoms with Gasteiger partial charge >= 0.3 is 0 Å². The van der Waals surface area contributed by atoms with Crippen LogP contribution in [0.15, 0.2) is 24.3 Å². The first-order valence-corrected chi connectivity index (χ1v) is 9.00. The molecule has 0 aromatic heterocycles. The lowest BCUT2D eigenvalue weighted by atomic mass is 10.1. The van der Waals surface area contributed by atoms with Crippen LogP contribution in [0.1, 0.15) is 10.4 Å². The van der Waals surface area contributed by atoms with Gasteiger partial charge in [0, 0.05) is 48.9 Å². The van der Waals surface area contributed by atoms with Crippen LogP contribution in [0.2, 0.25) is 0 Å². The summed E-state index contributed by atoms with van der Waals surface area (Å²) >= 11 is 1.87. The van der Waals surface area contributed by atoms with Gasteiger partial charge in [-0.3, -0.25) is 9.59 Å². The topological polar surface area (TPSA) is 70.7 Å². The molecule has 3 rings (SSSR count). The summed E-state index contributed by atoms with van der Waals surface area (Å²) in [5.74, 6) is 1.80. The summed E-state index contributed by atoms with van der Waals surface area (Å²) in [5, 5.41) is 5.96. The van der Waals surface area contributed by atoms with Gasteiger partial charge in [0.1, 0.15) is 6.10 Å². The smallest absolute Gasteiger partial charge is 0.254 e. The normalized spacial score (nSPS) is 20.8. The van der Waals surface area contributed by atoms with E-state index < -0.39 is 6.10 Å². The first-order chi connectivity index (χ1) is 11.2. The number of benzene rings is 1. The van der Waals surface area contributed by atoms with Gasteiger partial charge in [0.15, 0.2) is 0 Å². The molecule has 0 radical (unpaired) electrons. The fraction of sp³-hybridized carbons (Fsp3) is 0.500. The predicted molar refractivity (Wildman–Crippen MR) is 98.2 cm³/mol. The van der Waals surface area contributed by atoms with Gasteiger partial charge in [0.25, 0.3) is 11.8 Å². The van der Waals surface area contributed by atoms with Crippen molar-refractivity contribution in [3.63, 3.8) is 0 Å². The van der Waals surface area contributed by atoms with E-state index in [2.05, 4.69) is 10.6 Å². The van der Waals surface area contributed by atoms with E-state index in [1.165, 1.54) is 0 Å². The highest BCUT2D eigenvalue weighted by molar-refractivity contribution is 7.99.